The number of hydrogen-bond acceptors (Lipinski definition) is 1. The summed E-state index contributed by atoms with van der Waals surface area (Å²) in [5.74, 6) is -0.710. The van der Waals surface area contributed by atoms with Gasteiger partial charge in [0.15, 0.2) is 5.82 Å². The highest BCUT2D eigenvalue weighted by atomic mass is 19.1. The molecule has 0 spiro atoms. The maximum atomic E-state index is 14.9. The van der Waals surface area contributed by atoms with E-state index in [9.17, 15) is 8.78 Å². The molecule has 1 aliphatic rings. The van der Waals surface area contributed by atoms with Crippen molar-refractivity contribution in [1.29, 1.82) is 0 Å². The van der Waals surface area contributed by atoms with Gasteiger partial charge in [-0.1, -0.05) is 0 Å². The monoisotopic (exact) mass is 287 g/mol. The molecule has 3 heterocycles. The lowest BCUT2D eigenvalue weighted by Gasteiger charge is -2.16. The molecule has 0 saturated heterocycles. The van der Waals surface area contributed by atoms with Crippen molar-refractivity contribution in [2.75, 3.05) is 0 Å². The van der Waals surface area contributed by atoms with Crippen LogP contribution in [0.4, 0.5) is 8.78 Å². The van der Waals surface area contributed by atoms with Crippen molar-refractivity contribution in [3.63, 3.8) is 0 Å². The second kappa shape index (κ2) is 4.41. The fourth-order valence-corrected chi connectivity index (χ4v) is 3.25. The third-order valence-electron chi connectivity index (χ3n) is 4.15. The molecule has 0 fully saturated rings. The van der Waals surface area contributed by atoms with Gasteiger partial charge < -0.3 is 4.57 Å². The van der Waals surface area contributed by atoms with Crippen molar-refractivity contribution in [3.05, 3.63) is 41.6 Å². The van der Waals surface area contributed by atoms with Gasteiger partial charge in [0.05, 0.1) is 11.2 Å². The molecular formula is C16H15F2N3. The van der Waals surface area contributed by atoms with Crippen molar-refractivity contribution in [1.82, 2.24) is 14.3 Å². The van der Waals surface area contributed by atoms with E-state index in [1.807, 2.05) is 0 Å². The molecule has 0 aliphatic carbocycles. The topological polar surface area (TPSA) is 22.8 Å². The minimum Gasteiger partial charge on any atom is -0.334 e. The molecule has 21 heavy (non-hydrogen) atoms. The fraction of sp³-hybridized carbons (Fsp3) is 0.312. The molecule has 0 saturated carbocycles. The number of rotatable bonds is 0. The van der Waals surface area contributed by atoms with E-state index in [-0.39, 0.29) is 11.6 Å². The molecule has 0 bridgehead atoms. The van der Waals surface area contributed by atoms with Crippen LogP contribution in [0.25, 0.3) is 22.3 Å². The number of aromatic nitrogens is 3. The van der Waals surface area contributed by atoms with Crippen LogP contribution in [-0.4, -0.2) is 14.3 Å². The van der Waals surface area contributed by atoms with E-state index >= 15 is 0 Å². The first-order valence-electron chi connectivity index (χ1n) is 7.17. The molecule has 3 aromatic rings. The van der Waals surface area contributed by atoms with E-state index in [2.05, 4.69) is 5.10 Å². The van der Waals surface area contributed by atoms with Crippen LogP contribution >= 0.6 is 0 Å². The Morgan fingerprint density at radius 2 is 1.95 bits per heavy atom. The number of hydrogen-bond donors (Lipinski definition) is 0. The van der Waals surface area contributed by atoms with Gasteiger partial charge in [-0.3, -0.25) is 4.68 Å². The summed E-state index contributed by atoms with van der Waals surface area (Å²) in [6.45, 7) is 3.17. The molecule has 108 valence electrons. The standard InChI is InChI=1S/C16H15F2N3/c1-10-8-11-14(18)16-13-4-5-19-21(13)7-3-2-6-20(16)15(11)12(17)9-10/h4-5,8-9H,2-3,6-7H2,1H3. The predicted octanol–water partition coefficient (Wildman–Crippen LogP) is 3.89. The zero-order valence-electron chi connectivity index (χ0n) is 11.7. The van der Waals surface area contributed by atoms with Crippen LogP contribution in [0, 0.1) is 18.6 Å². The molecule has 1 aromatic carbocycles. The molecule has 1 aliphatic heterocycles. The highest BCUT2D eigenvalue weighted by Gasteiger charge is 2.24. The number of nitrogens with zero attached hydrogens (tertiary/aromatic N) is 3. The maximum absolute atomic E-state index is 14.9. The van der Waals surface area contributed by atoms with Gasteiger partial charge in [-0.15, -0.1) is 0 Å². The Morgan fingerprint density at radius 1 is 1.14 bits per heavy atom. The highest BCUT2D eigenvalue weighted by Crippen LogP contribution is 2.35. The zero-order chi connectivity index (χ0) is 14.6. The van der Waals surface area contributed by atoms with Crippen molar-refractivity contribution in [3.8, 4) is 11.4 Å². The Kier molecular flexibility index (Phi) is 2.64. The quantitative estimate of drug-likeness (QED) is 0.615. The summed E-state index contributed by atoms with van der Waals surface area (Å²) in [6, 6.07) is 4.97. The third kappa shape index (κ3) is 1.73. The van der Waals surface area contributed by atoms with Crippen LogP contribution < -0.4 is 0 Å². The van der Waals surface area contributed by atoms with Gasteiger partial charge in [0.1, 0.15) is 11.5 Å². The lowest BCUT2D eigenvalue weighted by atomic mass is 10.1. The summed E-state index contributed by atoms with van der Waals surface area (Å²) < 4.78 is 32.9. The summed E-state index contributed by atoms with van der Waals surface area (Å²) in [5, 5.41) is 4.61. The zero-order valence-corrected chi connectivity index (χ0v) is 11.7. The van der Waals surface area contributed by atoms with Gasteiger partial charge in [-0.25, -0.2) is 8.78 Å². The van der Waals surface area contributed by atoms with Crippen LogP contribution in [0.2, 0.25) is 0 Å². The van der Waals surface area contributed by atoms with E-state index in [0.29, 0.717) is 23.1 Å². The average molecular weight is 287 g/mol. The number of benzene rings is 1. The molecule has 2 aromatic heterocycles. The van der Waals surface area contributed by atoms with Gasteiger partial charge >= 0.3 is 0 Å². The van der Waals surface area contributed by atoms with Crippen LogP contribution in [0.1, 0.15) is 18.4 Å². The van der Waals surface area contributed by atoms with Crippen LogP contribution in [0.5, 0.6) is 0 Å². The largest absolute Gasteiger partial charge is 0.334 e. The third-order valence-corrected chi connectivity index (χ3v) is 4.15. The number of aryl methyl sites for hydroxylation is 3. The van der Waals surface area contributed by atoms with Gasteiger partial charge in [0.2, 0.25) is 0 Å². The normalized spacial score (nSPS) is 14.6. The Morgan fingerprint density at radius 3 is 2.81 bits per heavy atom. The molecule has 0 unspecified atom stereocenters. The van der Waals surface area contributed by atoms with Crippen LogP contribution in [0.15, 0.2) is 24.4 Å². The second-order valence-electron chi connectivity index (χ2n) is 5.60. The average Bonchev–Trinajstić information content (AvgIpc) is 2.95. The molecule has 0 atom stereocenters. The van der Waals surface area contributed by atoms with Crippen molar-refractivity contribution >= 4 is 10.9 Å². The summed E-state index contributed by atoms with van der Waals surface area (Å²) in [4.78, 5) is 0. The van der Waals surface area contributed by atoms with Crippen LogP contribution in [0.3, 0.4) is 0 Å². The van der Waals surface area contributed by atoms with Crippen molar-refractivity contribution in [2.24, 2.45) is 0 Å². The number of halogens is 2. The summed E-state index contributed by atoms with van der Waals surface area (Å²) in [6.07, 6.45) is 3.50. The van der Waals surface area contributed by atoms with Crippen molar-refractivity contribution < 1.29 is 8.78 Å². The van der Waals surface area contributed by atoms with Gasteiger partial charge in [-0.2, -0.15) is 5.10 Å². The summed E-state index contributed by atoms with van der Waals surface area (Å²) in [7, 11) is 0. The van der Waals surface area contributed by atoms with E-state index in [1.54, 1.807) is 34.5 Å². The van der Waals surface area contributed by atoms with E-state index in [1.165, 1.54) is 6.07 Å². The Hall–Kier alpha value is -2.17. The summed E-state index contributed by atoms with van der Waals surface area (Å²) >= 11 is 0. The fourth-order valence-electron chi connectivity index (χ4n) is 3.25. The molecule has 3 nitrogen and oxygen atoms in total. The van der Waals surface area contributed by atoms with Crippen LogP contribution in [-0.2, 0) is 13.1 Å². The molecule has 0 N–H and O–H groups in total. The van der Waals surface area contributed by atoms with Crippen molar-refractivity contribution in [2.45, 2.75) is 32.9 Å². The van der Waals surface area contributed by atoms with Gasteiger partial charge in [-0.05, 0) is 43.5 Å². The SMILES string of the molecule is Cc1cc(F)c2c(c1)c(F)c1n2CCCCn2nccc2-1. The first-order valence-corrected chi connectivity index (χ1v) is 7.17. The Labute approximate surface area is 120 Å². The van der Waals surface area contributed by atoms with Gasteiger partial charge in [0, 0.05) is 24.7 Å². The minimum absolute atomic E-state index is 0.351. The molecule has 0 radical (unpaired) electrons. The summed E-state index contributed by atoms with van der Waals surface area (Å²) in [5.41, 5.74) is 2.26. The lowest BCUT2D eigenvalue weighted by molar-refractivity contribution is 0.505. The Bertz CT molecular complexity index is 845. The second-order valence-corrected chi connectivity index (χ2v) is 5.60. The molecule has 0 amide bonds. The minimum atomic E-state index is -0.359. The van der Waals surface area contributed by atoms with Gasteiger partial charge in [0.25, 0.3) is 0 Å². The Balaban J connectivity index is 2.15. The predicted molar refractivity (Wildman–Crippen MR) is 77.0 cm³/mol. The first kappa shape index (κ1) is 12.6. The van der Waals surface area contributed by atoms with E-state index in [4.69, 9.17) is 0 Å². The highest BCUT2D eigenvalue weighted by molar-refractivity contribution is 5.88. The van der Waals surface area contributed by atoms with E-state index in [0.717, 1.165) is 30.6 Å². The lowest BCUT2D eigenvalue weighted by Crippen LogP contribution is -2.11. The van der Waals surface area contributed by atoms with E-state index < -0.39 is 0 Å². The molecule has 5 heteroatoms. The molecule has 4 rings (SSSR count). The first-order chi connectivity index (χ1) is 10.2. The number of fused-ring (bicyclic) bond motifs is 5. The smallest absolute Gasteiger partial charge is 0.158 e. The molecular weight excluding hydrogens is 272 g/mol. The maximum Gasteiger partial charge on any atom is 0.158 e.